The summed E-state index contributed by atoms with van der Waals surface area (Å²) in [6.45, 7) is 7.53. The molecule has 2 heteroatoms. The normalized spacial score (nSPS) is 13.0. The number of carbonyl (C=O) groups is 1. The van der Waals surface area contributed by atoms with Crippen LogP contribution in [-0.4, -0.2) is 12.9 Å². The van der Waals surface area contributed by atoms with Crippen LogP contribution in [0.2, 0.25) is 0 Å². The second-order valence-corrected chi connectivity index (χ2v) is 3.57. The van der Waals surface area contributed by atoms with E-state index in [1.165, 1.54) is 13.0 Å². The monoisotopic (exact) mass is 156 g/mol. The van der Waals surface area contributed by atoms with E-state index in [0.29, 0.717) is 0 Å². The predicted molar refractivity (Wildman–Crippen MR) is 45.2 cm³/mol. The van der Waals surface area contributed by atoms with Gasteiger partial charge in [0.25, 0.3) is 0 Å². The van der Waals surface area contributed by atoms with Crippen LogP contribution in [0.4, 0.5) is 0 Å². The van der Waals surface area contributed by atoms with E-state index < -0.39 is 0 Å². The fourth-order valence-electron chi connectivity index (χ4n) is 0.766. The topological polar surface area (TPSA) is 26.3 Å². The molecule has 0 rings (SSSR count). The zero-order chi connectivity index (χ0) is 9.07. The molecule has 0 aliphatic carbocycles. The Morgan fingerprint density at radius 1 is 1.36 bits per heavy atom. The number of ketones is 1. The van der Waals surface area contributed by atoms with Crippen LogP contribution >= 0.6 is 0 Å². The summed E-state index contributed by atoms with van der Waals surface area (Å²) in [5.41, 5.74) is -0.0829. The third-order valence-electron chi connectivity index (χ3n) is 1.29. The Morgan fingerprint density at radius 3 is 1.91 bits per heavy atom. The van der Waals surface area contributed by atoms with Crippen LogP contribution in [-0.2, 0) is 9.53 Å². The van der Waals surface area contributed by atoms with E-state index in [4.69, 9.17) is 4.74 Å². The molecule has 0 atom stereocenters. The van der Waals surface area contributed by atoms with Crippen molar-refractivity contribution in [2.24, 2.45) is 5.41 Å². The summed E-state index contributed by atoms with van der Waals surface area (Å²) >= 11 is 0. The lowest BCUT2D eigenvalue weighted by Gasteiger charge is -2.20. The molecule has 0 bridgehead atoms. The maximum Gasteiger partial charge on any atom is 0.155 e. The van der Waals surface area contributed by atoms with Crippen molar-refractivity contribution in [1.29, 1.82) is 0 Å². The van der Waals surface area contributed by atoms with Gasteiger partial charge in [0, 0.05) is 11.5 Å². The van der Waals surface area contributed by atoms with Gasteiger partial charge in [-0.3, -0.25) is 4.79 Å². The van der Waals surface area contributed by atoms with Crippen LogP contribution < -0.4 is 0 Å². The van der Waals surface area contributed by atoms with E-state index in [2.05, 4.69) is 0 Å². The van der Waals surface area contributed by atoms with Gasteiger partial charge in [0.2, 0.25) is 0 Å². The van der Waals surface area contributed by atoms with E-state index >= 15 is 0 Å². The third-order valence-corrected chi connectivity index (χ3v) is 1.29. The molecule has 0 aromatic carbocycles. The summed E-state index contributed by atoms with van der Waals surface area (Å²) < 4.78 is 5.07. The molecule has 0 unspecified atom stereocenters. The molecular formula is C9H16O2. The van der Waals surface area contributed by atoms with Gasteiger partial charge >= 0.3 is 0 Å². The minimum atomic E-state index is -0.0829. The van der Waals surface area contributed by atoms with Gasteiger partial charge in [0.15, 0.2) is 5.78 Å². The number of ether oxygens (including phenoxy) is 1. The summed E-state index contributed by atoms with van der Waals surface area (Å²) in [5, 5.41) is 0. The summed E-state index contributed by atoms with van der Waals surface area (Å²) in [4.78, 5) is 10.7. The molecule has 0 aromatic heterocycles. The van der Waals surface area contributed by atoms with Crippen molar-refractivity contribution in [3.05, 3.63) is 11.8 Å². The number of rotatable bonds is 2. The number of allylic oxidation sites excluding steroid dienone is 2. The second-order valence-electron chi connectivity index (χ2n) is 3.57. The van der Waals surface area contributed by atoms with Gasteiger partial charge in [-0.05, 0) is 6.92 Å². The number of carbonyl (C=O) groups excluding carboxylic acids is 1. The lowest BCUT2D eigenvalue weighted by molar-refractivity contribution is -0.112. The molecule has 0 aromatic rings. The van der Waals surface area contributed by atoms with Crippen LogP contribution in [0, 0.1) is 5.41 Å². The van der Waals surface area contributed by atoms with Crippen molar-refractivity contribution in [1.82, 2.24) is 0 Å². The zero-order valence-corrected chi connectivity index (χ0v) is 7.89. The number of methoxy groups -OCH3 is 1. The molecule has 0 heterocycles. The quantitative estimate of drug-likeness (QED) is 0.452. The minimum absolute atomic E-state index is 0.0248. The molecule has 0 saturated heterocycles. The smallest absolute Gasteiger partial charge is 0.155 e. The first-order valence-corrected chi connectivity index (χ1v) is 3.64. The summed E-state index contributed by atoms with van der Waals surface area (Å²) in [6, 6.07) is 0. The van der Waals surface area contributed by atoms with Crippen LogP contribution in [0.5, 0.6) is 0 Å². The Bertz CT molecular complexity index is 172. The van der Waals surface area contributed by atoms with Crippen molar-refractivity contribution in [2.45, 2.75) is 27.7 Å². The van der Waals surface area contributed by atoms with Crippen LogP contribution in [0.15, 0.2) is 11.8 Å². The van der Waals surface area contributed by atoms with E-state index in [0.717, 1.165) is 5.76 Å². The first-order chi connectivity index (χ1) is 4.88. The molecule has 0 aliphatic heterocycles. The van der Waals surface area contributed by atoms with Gasteiger partial charge < -0.3 is 4.74 Å². The molecule has 0 spiro atoms. The van der Waals surface area contributed by atoms with Crippen molar-refractivity contribution in [2.75, 3.05) is 7.11 Å². The molecule has 0 N–H and O–H groups in total. The third kappa shape index (κ3) is 3.81. The average molecular weight is 156 g/mol. The number of hydrogen-bond donors (Lipinski definition) is 0. The Hall–Kier alpha value is -0.790. The molecule has 0 amide bonds. The highest BCUT2D eigenvalue weighted by Gasteiger charge is 2.17. The molecule has 64 valence electrons. The highest BCUT2D eigenvalue weighted by molar-refractivity contribution is 5.87. The molecular weight excluding hydrogens is 140 g/mol. The van der Waals surface area contributed by atoms with Gasteiger partial charge in [-0.1, -0.05) is 20.8 Å². The second kappa shape index (κ2) is 3.56. The average Bonchev–Trinajstić information content (AvgIpc) is 1.79. The van der Waals surface area contributed by atoms with Crippen molar-refractivity contribution < 1.29 is 9.53 Å². The van der Waals surface area contributed by atoms with Crippen molar-refractivity contribution >= 4 is 5.78 Å². The number of hydrogen-bond acceptors (Lipinski definition) is 2. The summed E-state index contributed by atoms with van der Waals surface area (Å²) in [6.07, 6.45) is 1.53. The van der Waals surface area contributed by atoms with E-state index in [1.54, 1.807) is 7.11 Å². The van der Waals surface area contributed by atoms with E-state index in [9.17, 15) is 4.79 Å². The summed E-state index contributed by atoms with van der Waals surface area (Å²) in [7, 11) is 1.58. The standard InChI is InChI=1S/C9H16O2/c1-7(10)6-8(11-5)9(2,3)4/h6H,1-5H3/b8-6+. The maximum absolute atomic E-state index is 10.7. The molecule has 0 fully saturated rings. The van der Waals surface area contributed by atoms with Crippen molar-refractivity contribution in [3.8, 4) is 0 Å². The Morgan fingerprint density at radius 2 is 1.82 bits per heavy atom. The SMILES string of the molecule is CO/C(=C/C(C)=O)C(C)(C)C. The Kier molecular flexibility index (Phi) is 3.30. The van der Waals surface area contributed by atoms with Crippen LogP contribution in [0.25, 0.3) is 0 Å². The highest BCUT2D eigenvalue weighted by Crippen LogP contribution is 2.25. The van der Waals surface area contributed by atoms with E-state index in [-0.39, 0.29) is 11.2 Å². The molecule has 11 heavy (non-hydrogen) atoms. The maximum atomic E-state index is 10.7. The van der Waals surface area contributed by atoms with E-state index in [1.807, 2.05) is 20.8 Å². The molecule has 2 nitrogen and oxygen atoms in total. The largest absolute Gasteiger partial charge is 0.500 e. The Balaban J connectivity index is 4.54. The zero-order valence-electron chi connectivity index (χ0n) is 7.89. The fourth-order valence-corrected chi connectivity index (χ4v) is 0.766. The Labute approximate surface area is 68.2 Å². The first-order valence-electron chi connectivity index (χ1n) is 3.64. The van der Waals surface area contributed by atoms with Crippen LogP contribution in [0.3, 0.4) is 0 Å². The van der Waals surface area contributed by atoms with Crippen LogP contribution in [0.1, 0.15) is 27.7 Å². The lowest BCUT2D eigenvalue weighted by atomic mass is 9.93. The molecule has 0 radical (unpaired) electrons. The minimum Gasteiger partial charge on any atom is -0.500 e. The highest BCUT2D eigenvalue weighted by atomic mass is 16.5. The van der Waals surface area contributed by atoms with Gasteiger partial charge in [-0.15, -0.1) is 0 Å². The molecule has 0 aliphatic rings. The predicted octanol–water partition coefficient (Wildman–Crippen LogP) is 2.15. The fraction of sp³-hybridized carbons (Fsp3) is 0.667. The van der Waals surface area contributed by atoms with Gasteiger partial charge in [0.1, 0.15) is 5.76 Å². The van der Waals surface area contributed by atoms with Gasteiger partial charge in [-0.2, -0.15) is 0 Å². The molecule has 0 saturated carbocycles. The summed E-state index contributed by atoms with van der Waals surface area (Å²) in [5.74, 6) is 0.752. The lowest BCUT2D eigenvalue weighted by Crippen LogP contribution is -2.12. The van der Waals surface area contributed by atoms with Gasteiger partial charge in [0.05, 0.1) is 7.11 Å². The van der Waals surface area contributed by atoms with Gasteiger partial charge in [-0.25, -0.2) is 0 Å². The van der Waals surface area contributed by atoms with Crippen molar-refractivity contribution in [3.63, 3.8) is 0 Å². The first kappa shape index (κ1) is 10.2.